The van der Waals surface area contributed by atoms with Crippen LogP contribution >= 0.6 is 11.6 Å². The minimum Gasteiger partial charge on any atom is -0.256 e. The Labute approximate surface area is 168 Å². The molecule has 0 saturated heterocycles. The second-order valence-corrected chi connectivity index (χ2v) is 8.54. The summed E-state index contributed by atoms with van der Waals surface area (Å²) in [6.45, 7) is 0.241. The maximum absolute atomic E-state index is 12.7. The van der Waals surface area contributed by atoms with Crippen LogP contribution in [0.1, 0.15) is 5.56 Å². The molecule has 0 unspecified atom stereocenters. The Hall–Kier alpha value is -2.73. The van der Waals surface area contributed by atoms with Crippen molar-refractivity contribution in [2.24, 2.45) is 0 Å². The van der Waals surface area contributed by atoms with Gasteiger partial charge in [-0.25, -0.2) is 13.1 Å². The highest BCUT2D eigenvalue weighted by atomic mass is 35.5. The van der Waals surface area contributed by atoms with Crippen LogP contribution in [0.3, 0.4) is 0 Å². The zero-order valence-corrected chi connectivity index (χ0v) is 16.4. The molecular formula is C22H17ClN2O2S. The molecule has 140 valence electrons. The molecule has 0 fully saturated rings. The number of nitrogens with zero attached hydrogens (tertiary/aromatic N) is 1. The average molecular weight is 409 g/mol. The SMILES string of the molecule is O=S(=O)(NCc1ccccc1)c1cccc(-c2ccc3nccc(Cl)c3c2)c1. The van der Waals surface area contributed by atoms with Gasteiger partial charge in [-0.05, 0) is 47.0 Å². The highest BCUT2D eigenvalue weighted by Gasteiger charge is 2.15. The van der Waals surface area contributed by atoms with Gasteiger partial charge < -0.3 is 0 Å². The fraction of sp³-hybridized carbons (Fsp3) is 0.0455. The topological polar surface area (TPSA) is 59.1 Å². The maximum atomic E-state index is 12.7. The number of nitrogens with one attached hydrogen (secondary N) is 1. The van der Waals surface area contributed by atoms with E-state index in [1.165, 1.54) is 0 Å². The average Bonchev–Trinajstić information content (AvgIpc) is 2.73. The first-order valence-corrected chi connectivity index (χ1v) is 10.6. The van der Waals surface area contributed by atoms with E-state index in [1.807, 2.05) is 54.6 Å². The molecule has 0 aliphatic heterocycles. The van der Waals surface area contributed by atoms with Gasteiger partial charge in [0.1, 0.15) is 0 Å². The van der Waals surface area contributed by atoms with E-state index in [4.69, 9.17) is 11.6 Å². The largest absolute Gasteiger partial charge is 0.256 e. The van der Waals surface area contributed by atoms with Crippen molar-refractivity contribution in [1.29, 1.82) is 0 Å². The molecule has 0 saturated carbocycles. The Morgan fingerprint density at radius 1 is 0.857 bits per heavy atom. The van der Waals surface area contributed by atoms with Gasteiger partial charge in [0.25, 0.3) is 0 Å². The van der Waals surface area contributed by atoms with Gasteiger partial charge in [-0.1, -0.05) is 60.1 Å². The number of rotatable bonds is 5. The number of hydrogen-bond donors (Lipinski definition) is 1. The van der Waals surface area contributed by atoms with E-state index in [1.54, 1.807) is 30.5 Å². The van der Waals surface area contributed by atoms with Crippen LogP contribution in [0.2, 0.25) is 5.02 Å². The first-order valence-electron chi connectivity index (χ1n) is 8.71. The quantitative estimate of drug-likeness (QED) is 0.503. The molecule has 0 amide bonds. The maximum Gasteiger partial charge on any atom is 0.240 e. The molecular weight excluding hydrogens is 392 g/mol. The zero-order valence-electron chi connectivity index (χ0n) is 14.8. The third-order valence-corrected chi connectivity index (χ3v) is 6.20. The Morgan fingerprint density at radius 3 is 2.46 bits per heavy atom. The predicted molar refractivity (Wildman–Crippen MR) is 113 cm³/mol. The van der Waals surface area contributed by atoms with E-state index in [0.29, 0.717) is 5.02 Å². The third-order valence-electron chi connectivity index (χ3n) is 4.48. The lowest BCUT2D eigenvalue weighted by atomic mass is 10.0. The molecule has 1 aromatic heterocycles. The van der Waals surface area contributed by atoms with Crippen molar-refractivity contribution in [3.8, 4) is 11.1 Å². The minimum absolute atomic E-state index is 0.221. The Balaban J connectivity index is 1.65. The molecule has 6 heteroatoms. The first-order chi connectivity index (χ1) is 13.5. The summed E-state index contributed by atoms with van der Waals surface area (Å²) in [4.78, 5) is 4.52. The third kappa shape index (κ3) is 3.92. The number of pyridine rings is 1. The lowest BCUT2D eigenvalue weighted by Gasteiger charge is -2.10. The molecule has 0 atom stereocenters. The van der Waals surface area contributed by atoms with Crippen molar-refractivity contribution in [1.82, 2.24) is 9.71 Å². The molecule has 0 aliphatic carbocycles. The summed E-state index contributed by atoms with van der Waals surface area (Å²) < 4.78 is 28.1. The van der Waals surface area contributed by atoms with Crippen molar-refractivity contribution in [2.75, 3.05) is 0 Å². The lowest BCUT2D eigenvalue weighted by Crippen LogP contribution is -2.23. The molecule has 4 rings (SSSR count). The number of fused-ring (bicyclic) bond motifs is 1. The van der Waals surface area contributed by atoms with Crippen molar-refractivity contribution >= 4 is 32.5 Å². The van der Waals surface area contributed by atoms with Crippen LogP contribution in [0.25, 0.3) is 22.0 Å². The first kappa shape index (κ1) is 18.6. The molecule has 4 aromatic rings. The summed E-state index contributed by atoms with van der Waals surface area (Å²) in [6.07, 6.45) is 1.66. The molecule has 0 spiro atoms. The molecule has 4 nitrogen and oxygen atoms in total. The van der Waals surface area contributed by atoms with E-state index in [9.17, 15) is 8.42 Å². The molecule has 0 aliphatic rings. The summed E-state index contributed by atoms with van der Waals surface area (Å²) in [5.41, 5.74) is 3.37. The van der Waals surface area contributed by atoms with Gasteiger partial charge in [-0.3, -0.25) is 4.98 Å². The molecule has 1 N–H and O–H groups in total. The normalized spacial score (nSPS) is 11.6. The fourth-order valence-electron chi connectivity index (χ4n) is 2.99. The van der Waals surface area contributed by atoms with Crippen LogP contribution in [-0.4, -0.2) is 13.4 Å². The number of hydrogen-bond acceptors (Lipinski definition) is 3. The number of sulfonamides is 1. The highest BCUT2D eigenvalue weighted by molar-refractivity contribution is 7.89. The molecule has 3 aromatic carbocycles. The van der Waals surface area contributed by atoms with E-state index in [2.05, 4.69) is 9.71 Å². The van der Waals surface area contributed by atoms with Crippen LogP contribution < -0.4 is 4.72 Å². The van der Waals surface area contributed by atoms with Gasteiger partial charge in [0.05, 0.1) is 15.4 Å². The van der Waals surface area contributed by atoms with E-state index in [0.717, 1.165) is 27.6 Å². The molecule has 0 radical (unpaired) electrons. The smallest absolute Gasteiger partial charge is 0.240 e. The van der Waals surface area contributed by atoms with Crippen LogP contribution in [0, 0.1) is 0 Å². The number of halogens is 1. The van der Waals surface area contributed by atoms with Crippen molar-refractivity contribution < 1.29 is 8.42 Å². The van der Waals surface area contributed by atoms with Gasteiger partial charge in [0.2, 0.25) is 10.0 Å². The monoisotopic (exact) mass is 408 g/mol. The van der Waals surface area contributed by atoms with Gasteiger partial charge >= 0.3 is 0 Å². The van der Waals surface area contributed by atoms with Crippen LogP contribution in [0.5, 0.6) is 0 Å². The second-order valence-electron chi connectivity index (χ2n) is 6.36. The van der Waals surface area contributed by atoms with Crippen LogP contribution in [-0.2, 0) is 16.6 Å². The molecule has 1 heterocycles. The number of aromatic nitrogens is 1. The summed E-state index contributed by atoms with van der Waals surface area (Å²) >= 11 is 6.27. The summed E-state index contributed by atoms with van der Waals surface area (Å²) in [6, 6.07) is 23.7. The Morgan fingerprint density at radius 2 is 1.64 bits per heavy atom. The lowest BCUT2D eigenvalue weighted by molar-refractivity contribution is 0.581. The van der Waals surface area contributed by atoms with Crippen molar-refractivity contribution in [3.05, 3.63) is 95.6 Å². The van der Waals surface area contributed by atoms with Crippen LogP contribution in [0.15, 0.2) is 90.0 Å². The summed E-state index contributed by atoms with van der Waals surface area (Å²) in [7, 11) is -3.63. The standard InChI is InChI=1S/C22H17ClN2O2S/c23-21-11-12-24-22-10-9-18(14-20(21)22)17-7-4-8-19(13-17)28(26,27)25-15-16-5-2-1-3-6-16/h1-14,25H,15H2. The predicted octanol–water partition coefficient (Wildman–Crippen LogP) is 5.03. The van der Waals surface area contributed by atoms with Gasteiger partial charge in [0.15, 0.2) is 0 Å². The van der Waals surface area contributed by atoms with E-state index >= 15 is 0 Å². The summed E-state index contributed by atoms with van der Waals surface area (Å²) in [5.74, 6) is 0. The van der Waals surface area contributed by atoms with Crippen molar-refractivity contribution in [3.63, 3.8) is 0 Å². The Kier molecular flexibility index (Phi) is 5.13. The zero-order chi connectivity index (χ0) is 19.6. The van der Waals surface area contributed by atoms with Gasteiger partial charge in [-0.2, -0.15) is 0 Å². The second kappa shape index (κ2) is 7.72. The van der Waals surface area contributed by atoms with E-state index in [-0.39, 0.29) is 11.4 Å². The fourth-order valence-corrected chi connectivity index (χ4v) is 4.26. The van der Waals surface area contributed by atoms with Gasteiger partial charge in [-0.15, -0.1) is 0 Å². The molecule has 0 bridgehead atoms. The van der Waals surface area contributed by atoms with Gasteiger partial charge in [0, 0.05) is 18.1 Å². The Bertz CT molecular complexity index is 1240. The van der Waals surface area contributed by atoms with E-state index < -0.39 is 10.0 Å². The minimum atomic E-state index is -3.63. The van der Waals surface area contributed by atoms with Crippen LogP contribution in [0.4, 0.5) is 0 Å². The highest BCUT2D eigenvalue weighted by Crippen LogP contribution is 2.29. The van der Waals surface area contributed by atoms with Crippen molar-refractivity contribution in [2.45, 2.75) is 11.4 Å². The molecule has 28 heavy (non-hydrogen) atoms. The summed E-state index contributed by atoms with van der Waals surface area (Å²) in [5, 5.41) is 1.44. The number of benzene rings is 3.